The first-order valence-electron chi connectivity index (χ1n) is 12.8. The standard InChI is InChI=1S/C29H33N3O3/c1-3-8-24-12-4-5-16-31(24)28(33)23-11-6-9-21(17-23)22-10-7-13-25(18-22)32-27(20-14-15-20)26(29(34)35)19(2)30-32/h6-7,9-11,13,17-18,20,24H,3-5,8,12,14-16H2,1-2H3,(H,34,35)/t24-/m1/s1. The molecule has 35 heavy (non-hydrogen) atoms. The van der Waals surface area contributed by atoms with Gasteiger partial charge < -0.3 is 10.0 Å². The van der Waals surface area contributed by atoms with Crippen LogP contribution < -0.4 is 0 Å². The minimum atomic E-state index is -0.919. The van der Waals surface area contributed by atoms with Crippen LogP contribution in [-0.4, -0.2) is 44.3 Å². The number of piperidine rings is 1. The molecule has 0 radical (unpaired) electrons. The van der Waals surface area contributed by atoms with Gasteiger partial charge >= 0.3 is 5.97 Å². The SMILES string of the molecule is CCC[C@@H]1CCCCN1C(=O)c1cccc(-c2cccc(-n3nc(C)c(C(=O)O)c3C3CC3)c2)c1. The molecule has 1 aromatic heterocycles. The highest BCUT2D eigenvalue weighted by atomic mass is 16.4. The van der Waals surface area contributed by atoms with Gasteiger partial charge in [-0.3, -0.25) is 4.79 Å². The van der Waals surface area contributed by atoms with Crippen molar-refractivity contribution in [1.29, 1.82) is 0 Å². The van der Waals surface area contributed by atoms with E-state index in [1.54, 1.807) is 11.6 Å². The number of carbonyl (C=O) groups is 2. The van der Waals surface area contributed by atoms with Crippen molar-refractivity contribution in [2.45, 2.75) is 70.8 Å². The molecule has 0 unspecified atom stereocenters. The van der Waals surface area contributed by atoms with E-state index in [1.165, 1.54) is 6.42 Å². The molecule has 2 fully saturated rings. The number of rotatable bonds is 7. The number of hydrogen-bond donors (Lipinski definition) is 1. The van der Waals surface area contributed by atoms with E-state index in [4.69, 9.17) is 0 Å². The molecule has 1 N–H and O–H groups in total. The first-order valence-corrected chi connectivity index (χ1v) is 12.8. The van der Waals surface area contributed by atoms with E-state index in [0.29, 0.717) is 17.3 Å². The number of hydrogen-bond acceptors (Lipinski definition) is 3. The van der Waals surface area contributed by atoms with Crippen molar-refractivity contribution < 1.29 is 14.7 Å². The molecule has 1 saturated carbocycles. The second-order valence-electron chi connectivity index (χ2n) is 9.90. The molecular weight excluding hydrogens is 438 g/mol. The Bertz CT molecular complexity index is 1260. The lowest BCUT2D eigenvalue weighted by molar-refractivity contribution is 0.0600. The van der Waals surface area contributed by atoms with Gasteiger partial charge in [-0.15, -0.1) is 0 Å². The van der Waals surface area contributed by atoms with Crippen LogP contribution >= 0.6 is 0 Å². The molecule has 2 heterocycles. The normalized spacial score (nSPS) is 18.0. The molecule has 5 rings (SSSR count). The van der Waals surface area contributed by atoms with Gasteiger partial charge in [0.2, 0.25) is 0 Å². The maximum atomic E-state index is 13.4. The van der Waals surface area contributed by atoms with E-state index in [2.05, 4.69) is 16.9 Å². The van der Waals surface area contributed by atoms with Gasteiger partial charge in [-0.2, -0.15) is 5.10 Å². The Hall–Kier alpha value is -3.41. The van der Waals surface area contributed by atoms with Crippen LogP contribution in [0.15, 0.2) is 48.5 Å². The molecule has 1 atom stereocenters. The maximum Gasteiger partial charge on any atom is 0.339 e. The average Bonchev–Trinajstić information content (AvgIpc) is 3.65. The second-order valence-corrected chi connectivity index (χ2v) is 9.90. The number of benzene rings is 2. The lowest BCUT2D eigenvalue weighted by Crippen LogP contribution is -2.43. The summed E-state index contributed by atoms with van der Waals surface area (Å²) in [5.74, 6) is -0.560. The number of amides is 1. The molecule has 2 aliphatic rings. The van der Waals surface area contributed by atoms with Gasteiger partial charge in [-0.1, -0.05) is 37.6 Å². The van der Waals surface area contributed by atoms with Crippen molar-refractivity contribution in [3.63, 3.8) is 0 Å². The van der Waals surface area contributed by atoms with E-state index in [1.807, 2.05) is 48.5 Å². The van der Waals surface area contributed by atoms with Crippen LogP contribution in [0.4, 0.5) is 0 Å². The summed E-state index contributed by atoms with van der Waals surface area (Å²) in [4.78, 5) is 27.4. The summed E-state index contributed by atoms with van der Waals surface area (Å²) in [5.41, 5.74) is 5.18. The lowest BCUT2D eigenvalue weighted by atomic mass is 9.96. The van der Waals surface area contributed by atoms with Crippen LogP contribution in [0.1, 0.15) is 89.9 Å². The van der Waals surface area contributed by atoms with Crippen molar-refractivity contribution in [3.8, 4) is 16.8 Å². The molecule has 0 spiro atoms. The summed E-state index contributed by atoms with van der Waals surface area (Å²) in [6.07, 6.45) is 7.47. The third-order valence-corrected chi connectivity index (χ3v) is 7.32. The smallest absolute Gasteiger partial charge is 0.339 e. The Balaban J connectivity index is 1.47. The fraction of sp³-hybridized carbons (Fsp3) is 0.414. The van der Waals surface area contributed by atoms with E-state index in [-0.39, 0.29) is 11.8 Å². The number of likely N-dealkylation sites (tertiary alicyclic amines) is 1. The van der Waals surface area contributed by atoms with E-state index < -0.39 is 5.97 Å². The monoisotopic (exact) mass is 471 g/mol. The van der Waals surface area contributed by atoms with Gasteiger partial charge in [-0.05, 0) is 80.8 Å². The van der Waals surface area contributed by atoms with Crippen molar-refractivity contribution in [3.05, 3.63) is 71.0 Å². The number of aromatic nitrogens is 2. The van der Waals surface area contributed by atoms with Crippen molar-refractivity contribution in [2.24, 2.45) is 0 Å². The van der Waals surface area contributed by atoms with Gasteiger partial charge in [-0.25, -0.2) is 9.48 Å². The third-order valence-electron chi connectivity index (χ3n) is 7.32. The summed E-state index contributed by atoms with van der Waals surface area (Å²) in [6.45, 7) is 4.77. The summed E-state index contributed by atoms with van der Waals surface area (Å²) in [5, 5.41) is 14.4. The molecule has 2 aromatic carbocycles. The van der Waals surface area contributed by atoms with Gasteiger partial charge in [0.1, 0.15) is 5.56 Å². The maximum absolute atomic E-state index is 13.4. The van der Waals surface area contributed by atoms with Crippen molar-refractivity contribution in [2.75, 3.05) is 6.54 Å². The fourth-order valence-electron chi connectivity index (χ4n) is 5.46. The van der Waals surface area contributed by atoms with E-state index in [9.17, 15) is 14.7 Å². The summed E-state index contributed by atoms with van der Waals surface area (Å²) in [6, 6.07) is 16.2. The molecule has 1 saturated heterocycles. The number of carboxylic acid groups (broad SMARTS) is 1. The second kappa shape index (κ2) is 9.68. The predicted molar refractivity (Wildman–Crippen MR) is 136 cm³/mol. The molecule has 1 aliphatic carbocycles. The molecule has 6 nitrogen and oxygen atoms in total. The molecule has 6 heteroatoms. The Morgan fingerprint density at radius 3 is 2.49 bits per heavy atom. The Labute approximate surface area is 206 Å². The number of carbonyl (C=O) groups excluding carboxylic acids is 1. The van der Waals surface area contributed by atoms with E-state index in [0.717, 1.165) is 73.1 Å². The van der Waals surface area contributed by atoms with Crippen LogP contribution in [0, 0.1) is 6.92 Å². The fourth-order valence-corrected chi connectivity index (χ4v) is 5.46. The zero-order chi connectivity index (χ0) is 24.5. The minimum absolute atomic E-state index is 0.117. The topological polar surface area (TPSA) is 75.4 Å². The van der Waals surface area contributed by atoms with Crippen molar-refractivity contribution >= 4 is 11.9 Å². The van der Waals surface area contributed by atoms with Crippen LogP contribution in [-0.2, 0) is 0 Å². The average molecular weight is 472 g/mol. The first-order chi connectivity index (χ1) is 17.0. The van der Waals surface area contributed by atoms with Gasteiger partial charge in [0, 0.05) is 24.1 Å². The number of nitrogens with zero attached hydrogens (tertiary/aromatic N) is 3. The molecule has 0 bridgehead atoms. The van der Waals surface area contributed by atoms with Gasteiger partial charge in [0.05, 0.1) is 17.1 Å². The lowest BCUT2D eigenvalue weighted by Gasteiger charge is -2.36. The number of aromatic carboxylic acids is 1. The van der Waals surface area contributed by atoms with E-state index >= 15 is 0 Å². The van der Waals surface area contributed by atoms with Crippen molar-refractivity contribution in [1.82, 2.24) is 14.7 Å². The summed E-state index contributed by atoms with van der Waals surface area (Å²) in [7, 11) is 0. The predicted octanol–water partition coefficient (Wildman–Crippen LogP) is 6.22. The highest BCUT2D eigenvalue weighted by Crippen LogP contribution is 2.43. The highest BCUT2D eigenvalue weighted by molar-refractivity contribution is 5.96. The molecule has 3 aromatic rings. The number of aryl methyl sites for hydroxylation is 1. The van der Waals surface area contributed by atoms with Gasteiger partial charge in [0.25, 0.3) is 5.91 Å². The van der Waals surface area contributed by atoms with Crippen LogP contribution in [0.25, 0.3) is 16.8 Å². The molecule has 1 amide bonds. The number of carboxylic acids is 1. The Morgan fingerprint density at radius 1 is 1.03 bits per heavy atom. The first kappa shape index (κ1) is 23.3. The highest BCUT2D eigenvalue weighted by Gasteiger charge is 2.34. The summed E-state index contributed by atoms with van der Waals surface area (Å²) < 4.78 is 1.80. The Kier molecular flexibility index (Phi) is 6.46. The quantitative estimate of drug-likeness (QED) is 0.444. The zero-order valence-electron chi connectivity index (χ0n) is 20.5. The molecule has 182 valence electrons. The minimum Gasteiger partial charge on any atom is -0.478 e. The summed E-state index contributed by atoms with van der Waals surface area (Å²) >= 11 is 0. The third kappa shape index (κ3) is 4.62. The van der Waals surface area contributed by atoms with Crippen LogP contribution in [0.5, 0.6) is 0 Å². The Morgan fingerprint density at radius 2 is 1.77 bits per heavy atom. The van der Waals surface area contributed by atoms with Crippen LogP contribution in [0.3, 0.4) is 0 Å². The van der Waals surface area contributed by atoms with Gasteiger partial charge in [0.15, 0.2) is 0 Å². The largest absolute Gasteiger partial charge is 0.478 e. The zero-order valence-corrected chi connectivity index (χ0v) is 20.5. The molecule has 1 aliphatic heterocycles. The molecular formula is C29H33N3O3. The van der Waals surface area contributed by atoms with Crippen LogP contribution in [0.2, 0.25) is 0 Å².